The van der Waals surface area contributed by atoms with Gasteiger partial charge >= 0.3 is 5.97 Å². The number of hydrogen-bond donors (Lipinski definition) is 4. The number of carbonyl (C=O) groups is 2. The molecule has 0 aliphatic carbocycles. The lowest BCUT2D eigenvalue weighted by atomic mass is 9.92. The number of rotatable bonds is 18. The maximum Gasteiger partial charge on any atom is 0.306 e. The van der Waals surface area contributed by atoms with Gasteiger partial charge in [-0.05, 0) is 60.4 Å². The molecule has 8 atom stereocenters. The summed E-state index contributed by atoms with van der Waals surface area (Å²) in [4.78, 5) is 25.6. The Morgan fingerprint density at radius 1 is 0.900 bits per heavy atom. The SMILES string of the molecule is COc1ccc([C@H]2CC(=O)c3ccc(O[C@@H]4O[C@H](COC(=O)CC(C)CCCC(CO)CCCC(C)C)[C@@H](O)[C@H](O)[C@H]4O)cc3O2)cc1OC. The molecule has 2 aliphatic rings. The summed E-state index contributed by atoms with van der Waals surface area (Å²) in [5.74, 6) is 1.87. The molecule has 0 aromatic heterocycles. The third kappa shape index (κ3) is 10.6. The van der Waals surface area contributed by atoms with Crippen LogP contribution in [0.4, 0.5) is 0 Å². The van der Waals surface area contributed by atoms with E-state index in [0.717, 1.165) is 38.5 Å². The summed E-state index contributed by atoms with van der Waals surface area (Å²) in [6, 6.07) is 9.85. The van der Waals surface area contributed by atoms with E-state index >= 15 is 0 Å². The van der Waals surface area contributed by atoms with Gasteiger partial charge in [-0.2, -0.15) is 0 Å². The molecular formula is C38H54O12. The van der Waals surface area contributed by atoms with Gasteiger partial charge < -0.3 is 48.8 Å². The highest BCUT2D eigenvalue weighted by molar-refractivity contribution is 6.00. The Kier molecular flexibility index (Phi) is 14.7. The van der Waals surface area contributed by atoms with E-state index in [1.165, 1.54) is 26.4 Å². The average molecular weight is 703 g/mol. The molecule has 50 heavy (non-hydrogen) atoms. The third-order valence-corrected chi connectivity index (χ3v) is 9.48. The fourth-order valence-corrected chi connectivity index (χ4v) is 6.42. The van der Waals surface area contributed by atoms with Crippen LogP contribution >= 0.6 is 0 Å². The lowest BCUT2D eigenvalue weighted by molar-refractivity contribution is -0.278. The second kappa shape index (κ2) is 18.7. The minimum Gasteiger partial charge on any atom is -0.493 e. The summed E-state index contributed by atoms with van der Waals surface area (Å²) < 4.78 is 33.9. The van der Waals surface area contributed by atoms with Crippen LogP contribution in [0.25, 0.3) is 0 Å². The molecule has 278 valence electrons. The molecule has 0 bridgehead atoms. The number of Topliss-reactive ketones (excluding diaryl/α,β-unsaturated/α-hetero) is 1. The monoisotopic (exact) mass is 702 g/mol. The maximum atomic E-state index is 13.0. The Morgan fingerprint density at radius 3 is 2.30 bits per heavy atom. The van der Waals surface area contributed by atoms with Gasteiger partial charge in [-0.3, -0.25) is 9.59 Å². The molecule has 0 spiro atoms. The van der Waals surface area contributed by atoms with Crippen molar-refractivity contribution in [3.8, 4) is 23.0 Å². The summed E-state index contributed by atoms with van der Waals surface area (Å²) in [7, 11) is 3.06. The summed E-state index contributed by atoms with van der Waals surface area (Å²) in [5.41, 5.74) is 1.08. The fraction of sp³-hybridized carbons (Fsp3) is 0.632. The van der Waals surface area contributed by atoms with Crippen LogP contribution in [-0.2, 0) is 14.3 Å². The Morgan fingerprint density at radius 2 is 1.62 bits per heavy atom. The Labute approximate surface area is 294 Å². The lowest BCUT2D eigenvalue weighted by Gasteiger charge is -2.40. The summed E-state index contributed by atoms with van der Waals surface area (Å²) in [5, 5.41) is 41.5. The van der Waals surface area contributed by atoms with E-state index in [9.17, 15) is 30.0 Å². The molecule has 2 unspecified atom stereocenters. The fourth-order valence-electron chi connectivity index (χ4n) is 6.42. The zero-order chi connectivity index (χ0) is 36.4. The largest absolute Gasteiger partial charge is 0.493 e. The van der Waals surface area contributed by atoms with Crippen molar-refractivity contribution in [2.45, 2.75) is 109 Å². The molecule has 2 heterocycles. The molecule has 0 saturated carbocycles. The van der Waals surface area contributed by atoms with Crippen molar-refractivity contribution >= 4 is 11.8 Å². The highest BCUT2D eigenvalue weighted by Crippen LogP contribution is 2.40. The van der Waals surface area contributed by atoms with Gasteiger partial charge in [0.15, 0.2) is 17.3 Å². The van der Waals surface area contributed by atoms with Gasteiger partial charge in [0.05, 0.1) is 26.2 Å². The van der Waals surface area contributed by atoms with E-state index in [0.29, 0.717) is 28.5 Å². The number of aliphatic hydroxyl groups is 4. The molecule has 2 aromatic carbocycles. The smallest absolute Gasteiger partial charge is 0.306 e. The van der Waals surface area contributed by atoms with Gasteiger partial charge in [0, 0.05) is 19.1 Å². The first-order valence-electron chi connectivity index (χ1n) is 17.6. The second-order valence-electron chi connectivity index (χ2n) is 13.9. The third-order valence-electron chi connectivity index (χ3n) is 9.48. The Hall–Kier alpha value is -3.42. The topological polar surface area (TPSA) is 170 Å². The highest BCUT2D eigenvalue weighted by Gasteiger charge is 2.45. The molecule has 12 heteroatoms. The molecule has 12 nitrogen and oxygen atoms in total. The number of fused-ring (bicyclic) bond motifs is 1. The van der Waals surface area contributed by atoms with E-state index < -0.39 is 42.8 Å². The second-order valence-corrected chi connectivity index (χ2v) is 13.9. The zero-order valence-corrected chi connectivity index (χ0v) is 29.8. The van der Waals surface area contributed by atoms with E-state index in [2.05, 4.69) is 13.8 Å². The van der Waals surface area contributed by atoms with Crippen molar-refractivity contribution in [2.75, 3.05) is 27.4 Å². The minimum absolute atomic E-state index is 0.0580. The zero-order valence-electron chi connectivity index (χ0n) is 29.8. The van der Waals surface area contributed by atoms with E-state index in [1.807, 2.05) is 6.92 Å². The summed E-state index contributed by atoms with van der Waals surface area (Å²) in [6.45, 7) is 6.18. The van der Waals surface area contributed by atoms with Crippen molar-refractivity contribution in [1.82, 2.24) is 0 Å². The molecule has 1 saturated heterocycles. The average Bonchev–Trinajstić information content (AvgIpc) is 3.09. The van der Waals surface area contributed by atoms with Gasteiger partial charge in [-0.25, -0.2) is 0 Å². The minimum atomic E-state index is -1.64. The van der Waals surface area contributed by atoms with Gasteiger partial charge in [-0.15, -0.1) is 0 Å². The molecule has 2 aliphatic heterocycles. The molecule has 4 N–H and O–H groups in total. The first-order valence-corrected chi connectivity index (χ1v) is 17.6. The molecule has 0 amide bonds. The van der Waals surface area contributed by atoms with Crippen molar-refractivity contribution in [3.63, 3.8) is 0 Å². The number of ketones is 1. The molecule has 4 rings (SSSR count). The van der Waals surface area contributed by atoms with Crippen LogP contribution in [0, 0.1) is 17.8 Å². The van der Waals surface area contributed by atoms with Crippen molar-refractivity contribution in [1.29, 1.82) is 0 Å². The standard InChI is InChI=1S/C38H54O12/c1-22(2)8-6-10-24(20-39)11-7-9-23(3)16-34(41)47-21-33-35(42)36(43)37(44)38(50-33)48-26-13-14-27-28(40)19-30(49-31(27)18-26)25-12-15-29(45-4)32(17-25)46-5/h12-15,17-18,22-24,30,33,35-39,42-44H,6-11,16,19-21H2,1-5H3/t23?,24?,30-,33-,35-,36+,37-,38-/m1/s1. The number of carbonyl (C=O) groups excluding carboxylic acids is 2. The van der Waals surface area contributed by atoms with Crippen LogP contribution < -0.4 is 18.9 Å². The van der Waals surface area contributed by atoms with Crippen molar-refractivity contribution < 1.29 is 58.4 Å². The molecule has 0 radical (unpaired) electrons. The normalized spacial score (nSPS) is 24.6. The maximum absolute atomic E-state index is 13.0. The predicted molar refractivity (Wildman–Crippen MR) is 183 cm³/mol. The van der Waals surface area contributed by atoms with Gasteiger partial charge in [0.25, 0.3) is 0 Å². The molecule has 2 aromatic rings. The molecule has 1 fully saturated rings. The van der Waals surface area contributed by atoms with Crippen LogP contribution in [0.5, 0.6) is 23.0 Å². The predicted octanol–water partition coefficient (Wildman–Crippen LogP) is 4.77. The number of aliphatic hydroxyl groups excluding tert-OH is 4. The van der Waals surface area contributed by atoms with Crippen LogP contribution in [-0.4, -0.2) is 90.3 Å². The van der Waals surface area contributed by atoms with E-state index in [4.69, 9.17) is 28.4 Å². The van der Waals surface area contributed by atoms with Crippen LogP contribution in [0.2, 0.25) is 0 Å². The van der Waals surface area contributed by atoms with E-state index in [1.54, 1.807) is 24.3 Å². The number of ether oxygens (including phenoxy) is 6. The Balaban J connectivity index is 1.30. The van der Waals surface area contributed by atoms with Crippen LogP contribution in [0.1, 0.15) is 94.2 Å². The molecular weight excluding hydrogens is 648 g/mol. The van der Waals surface area contributed by atoms with Crippen molar-refractivity contribution in [2.24, 2.45) is 17.8 Å². The van der Waals surface area contributed by atoms with Gasteiger partial charge in [-0.1, -0.05) is 52.5 Å². The van der Waals surface area contributed by atoms with Crippen LogP contribution in [0.15, 0.2) is 36.4 Å². The van der Waals surface area contributed by atoms with Gasteiger partial charge in [0.2, 0.25) is 6.29 Å². The summed E-state index contributed by atoms with van der Waals surface area (Å²) in [6.07, 6.45) is -1.84. The number of hydrogen-bond acceptors (Lipinski definition) is 12. The number of benzene rings is 2. The number of methoxy groups -OCH3 is 2. The van der Waals surface area contributed by atoms with Crippen LogP contribution in [0.3, 0.4) is 0 Å². The number of esters is 1. The van der Waals surface area contributed by atoms with E-state index in [-0.39, 0.29) is 55.2 Å². The summed E-state index contributed by atoms with van der Waals surface area (Å²) >= 11 is 0. The lowest BCUT2D eigenvalue weighted by Crippen LogP contribution is -2.60. The quantitative estimate of drug-likeness (QED) is 0.157. The first-order chi connectivity index (χ1) is 23.9. The van der Waals surface area contributed by atoms with Crippen molar-refractivity contribution in [3.05, 3.63) is 47.5 Å². The van der Waals surface area contributed by atoms with Gasteiger partial charge in [0.1, 0.15) is 48.6 Å². The highest BCUT2D eigenvalue weighted by atomic mass is 16.7. The first kappa shape index (κ1) is 39.4. The Bertz CT molecular complexity index is 1400.